The lowest BCUT2D eigenvalue weighted by atomic mass is 9.92. The van der Waals surface area contributed by atoms with E-state index in [-0.39, 0.29) is 26.9 Å². The molecule has 24 heavy (non-hydrogen) atoms. The minimum Gasteiger partial charge on any atom is -0.323 e. The van der Waals surface area contributed by atoms with Crippen molar-refractivity contribution >= 4 is 46.5 Å². The van der Waals surface area contributed by atoms with E-state index in [0.717, 1.165) is 4.90 Å². The van der Waals surface area contributed by atoms with Crippen molar-refractivity contribution in [2.24, 2.45) is 0 Å². The zero-order valence-corrected chi connectivity index (χ0v) is 14.1. The van der Waals surface area contributed by atoms with E-state index in [1.165, 1.54) is 13.1 Å². The van der Waals surface area contributed by atoms with E-state index < -0.39 is 23.6 Å². The SMILES string of the molecule is CN1C(=O)c2ccccc2C(=O)C1C(=O)Nc1c(Cl)cccc1Cl. The van der Waals surface area contributed by atoms with Gasteiger partial charge in [-0.05, 0) is 18.2 Å². The summed E-state index contributed by atoms with van der Waals surface area (Å²) in [5.74, 6) is -1.51. The Morgan fingerprint density at radius 3 is 2.21 bits per heavy atom. The first-order valence-electron chi connectivity index (χ1n) is 7.07. The van der Waals surface area contributed by atoms with Crippen molar-refractivity contribution in [1.82, 2.24) is 4.90 Å². The van der Waals surface area contributed by atoms with E-state index in [9.17, 15) is 14.4 Å². The van der Waals surface area contributed by atoms with Crippen molar-refractivity contribution in [2.45, 2.75) is 6.04 Å². The topological polar surface area (TPSA) is 66.5 Å². The second-order valence-electron chi connectivity index (χ2n) is 5.31. The third-order valence-corrected chi connectivity index (χ3v) is 4.47. The summed E-state index contributed by atoms with van der Waals surface area (Å²) in [5.41, 5.74) is 0.717. The van der Waals surface area contributed by atoms with Crippen molar-refractivity contribution in [1.29, 1.82) is 0 Å². The molecule has 1 unspecified atom stereocenters. The fraction of sp³-hybridized carbons (Fsp3) is 0.118. The molecule has 0 aliphatic carbocycles. The summed E-state index contributed by atoms with van der Waals surface area (Å²) >= 11 is 12.1. The number of amides is 2. The molecular formula is C17H12Cl2N2O3. The van der Waals surface area contributed by atoms with Crippen molar-refractivity contribution in [3.63, 3.8) is 0 Å². The van der Waals surface area contributed by atoms with Crippen LogP contribution in [0.25, 0.3) is 0 Å². The van der Waals surface area contributed by atoms with Crippen LogP contribution in [0.4, 0.5) is 5.69 Å². The van der Waals surface area contributed by atoms with Gasteiger partial charge in [0.15, 0.2) is 11.8 Å². The highest BCUT2D eigenvalue weighted by molar-refractivity contribution is 6.40. The van der Waals surface area contributed by atoms with Gasteiger partial charge in [0.1, 0.15) is 0 Å². The van der Waals surface area contributed by atoms with Crippen LogP contribution in [-0.2, 0) is 4.79 Å². The monoisotopic (exact) mass is 362 g/mol. The van der Waals surface area contributed by atoms with Crippen molar-refractivity contribution in [2.75, 3.05) is 12.4 Å². The molecule has 2 aromatic carbocycles. The average molecular weight is 363 g/mol. The van der Waals surface area contributed by atoms with Gasteiger partial charge in [-0.25, -0.2) is 0 Å². The number of halogens is 2. The Morgan fingerprint density at radius 2 is 1.58 bits per heavy atom. The number of fused-ring (bicyclic) bond motifs is 1. The summed E-state index contributed by atoms with van der Waals surface area (Å²) in [6, 6.07) is 9.90. The molecule has 0 fully saturated rings. The van der Waals surface area contributed by atoms with Crippen LogP contribution in [0.2, 0.25) is 10.0 Å². The number of likely N-dealkylation sites (N-methyl/N-ethyl adjacent to an activating group) is 1. The minimum atomic E-state index is -1.28. The van der Waals surface area contributed by atoms with Gasteiger partial charge >= 0.3 is 0 Å². The molecule has 1 aliphatic heterocycles. The number of hydrogen-bond donors (Lipinski definition) is 1. The van der Waals surface area contributed by atoms with E-state index in [2.05, 4.69) is 5.32 Å². The molecule has 1 aliphatic rings. The van der Waals surface area contributed by atoms with Gasteiger partial charge in [0.05, 0.1) is 21.3 Å². The predicted octanol–water partition coefficient (Wildman–Crippen LogP) is 3.27. The van der Waals surface area contributed by atoms with Crippen LogP contribution in [-0.4, -0.2) is 35.6 Å². The van der Waals surface area contributed by atoms with E-state index in [1.807, 2.05) is 0 Å². The fourth-order valence-electron chi connectivity index (χ4n) is 2.62. The molecule has 122 valence electrons. The van der Waals surface area contributed by atoms with Crippen molar-refractivity contribution in [3.8, 4) is 0 Å². The number of anilines is 1. The molecule has 0 saturated carbocycles. The van der Waals surface area contributed by atoms with Gasteiger partial charge in [-0.2, -0.15) is 0 Å². The van der Waals surface area contributed by atoms with Gasteiger partial charge < -0.3 is 10.2 Å². The maximum Gasteiger partial charge on any atom is 0.255 e. The second kappa shape index (κ2) is 6.26. The molecule has 1 atom stereocenters. The van der Waals surface area contributed by atoms with Crippen LogP contribution in [0.5, 0.6) is 0 Å². The maximum absolute atomic E-state index is 12.7. The lowest BCUT2D eigenvalue weighted by Crippen LogP contribution is -2.53. The number of carbonyl (C=O) groups is 3. The average Bonchev–Trinajstić information content (AvgIpc) is 2.56. The van der Waals surface area contributed by atoms with Crippen molar-refractivity contribution in [3.05, 3.63) is 63.6 Å². The van der Waals surface area contributed by atoms with Crippen LogP contribution in [0.3, 0.4) is 0 Å². The highest BCUT2D eigenvalue weighted by Gasteiger charge is 2.41. The highest BCUT2D eigenvalue weighted by Crippen LogP contribution is 2.31. The summed E-state index contributed by atoms with van der Waals surface area (Å²) in [5, 5.41) is 3.03. The van der Waals surface area contributed by atoms with E-state index in [0.29, 0.717) is 0 Å². The standard InChI is InChI=1S/C17H12Cl2N2O3/c1-21-14(15(22)9-5-2-3-6-10(9)17(21)24)16(23)20-13-11(18)7-4-8-12(13)19/h2-8,14H,1H3,(H,20,23). The number of rotatable bonds is 2. The number of hydrogen-bond acceptors (Lipinski definition) is 3. The molecule has 2 amide bonds. The van der Waals surface area contributed by atoms with Crippen LogP contribution in [0, 0.1) is 0 Å². The zero-order valence-electron chi connectivity index (χ0n) is 12.5. The van der Waals surface area contributed by atoms with Gasteiger partial charge in [-0.1, -0.05) is 47.5 Å². The zero-order chi connectivity index (χ0) is 17.4. The number of carbonyl (C=O) groups excluding carboxylic acids is 3. The Labute approximate surface area is 148 Å². The van der Waals surface area contributed by atoms with Crippen LogP contribution in [0.1, 0.15) is 20.7 Å². The van der Waals surface area contributed by atoms with Crippen LogP contribution < -0.4 is 5.32 Å². The summed E-state index contributed by atoms with van der Waals surface area (Å²) in [6.07, 6.45) is 0. The summed E-state index contributed by atoms with van der Waals surface area (Å²) in [6.45, 7) is 0. The lowest BCUT2D eigenvalue weighted by Gasteiger charge is -2.31. The van der Waals surface area contributed by atoms with Gasteiger partial charge in [0.2, 0.25) is 0 Å². The fourth-order valence-corrected chi connectivity index (χ4v) is 3.11. The Morgan fingerprint density at radius 1 is 1.00 bits per heavy atom. The summed E-state index contributed by atoms with van der Waals surface area (Å²) < 4.78 is 0. The maximum atomic E-state index is 12.7. The Hall–Kier alpha value is -2.37. The number of ketones is 1. The molecule has 0 saturated heterocycles. The predicted molar refractivity (Wildman–Crippen MR) is 91.7 cm³/mol. The van der Waals surface area contributed by atoms with Gasteiger partial charge in [-0.3, -0.25) is 14.4 Å². The molecule has 7 heteroatoms. The molecule has 0 bridgehead atoms. The molecule has 5 nitrogen and oxygen atoms in total. The molecular weight excluding hydrogens is 351 g/mol. The molecule has 1 heterocycles. The first-order chi connectivity index (χ1) is 11.4. The lowest BCUT2D eigenvalue weighted by molar-refractivity contribution is -0.118. The second-order valence-corrected chi connectivity index (χ2v) is 6.13. The first-order valence-corrected chi connectivity index (χ1v) is 7.82. The molecule has 0 aromatic heterocycles. The summed E-state index contributed by atoms with van der Waals surface area (Å²) in [7, 11) is 1.41. The van der Waals surface area contributed by atoms with Gasteiger partial charge in [0.25, 0.3) is 11.8 Å². The Bertz CT molecular complexity index is 846. The Balaban J connectivity index is 1.96. The molecule has 2 aromatic rings. The minimum absolute atomic E-state index is 0.207. The van der Waals surface area contributed by atoms with Crippen molar-refractivity contribution < 1.29 is 14.4 Å². The normalized spacial score (nSPS) is 16.8. The third-order valence-electron chi connectivity index (χ3n) is 3.84. The van der Waals surface area contributed by atoms with Gasteiger partial charge in [-0.15, -0.1) is 0 Å². The number of nitrogens with one attached hydrogen (secondary N) is 1. The Kier molecular flexibility index (Phi) is 4.30. The third kappa shape index (κ3) is 2.66. The quantitative estimate of drug-likeness (QED) is 0.833. The van der Waals surface area contributed by atoms with Crippen LogP contribution >= 0.6 is 23.2 Å². The first kappa shape index (κ1) is 16.5. The van der Waals surface area contributed by atoms with E-state index >= 15 is 0 Å². The largest absolute Gasteiger partial charge is 0.323 e. The molecule has 0 radical (unpaired) electrons. The number of Topliss-reactive ketones (excluding diaryl/α,β-unsaturated/α-hetero) is 1. The van der Waals surface area contributed by atoms with E-state index in [4.69, 9.17) is 23.2 Å². The number of benzene rings is 2. The van der Waals surface area contributed by atoms with E-state index in [1.54, 1.807) is 36.4 Å². The molecule has 3 rings (SSSR count). The van der Waals surface area contributed by atoms with Crippen LogP contribution in [0.15, 0.2) is 42.5 Å². The summed E-state index contributed by atoms with van der Waals surface area (Å²) in [4.78, 5) is 38.8. The number of nitrogens with zero attached hydrogens (tertiary/aromatic N) is 1. The molecule has 0 spiro atoms. The molecule has 1 N–H and O–H groups in total. The van der Waals surface area contributed by atoms with Gasteiger partial charge in [0, 0.05) is 12.6 Å². The number of para-hydroxylation sites is 1. The smallest absolute Gasteiger partial charge is 0.255 e. The highest BCUT2D eigenvalue weighted by atomic mass is 35.5.